The number of H-pyrrole nitrogens is 1. The Morgan fingerprint density at radius 2 is 1.62 bits per heavy atom. The molecule has 1 heterocycles. The molecule has 0 saturated heterocycles. The van der Waals surface area contributed by atoms with Crippen molar-refractivity contribution in [3.05, 3.63) is 124 Å². The molecule has 5 aromatic rings. The Morgan fingerprint density at radius 3 is 2.36 bits per heavy atom. The summed E-state index contributed by atoms with van der Waals surface area (Å²) in [6.07, 6.45) is 3.78. The third kappa shape index (κ3) is 9.50. The number of unbranched alkanes of at least 4 members (excludes halogenated alkanes) is 1. The zero-order chi connectivity index (χ0) is 37.3. The van der Waals surface area contributed by atoms with Gasteiger partial charge in [-0.05, 0) is 97.5 Å². The van der Waals surface area contributed by atoms with Crippen molar-refractivity contribution in [2.24, 2.45) is 5.73 Å². The fourth-order valence-corrected chi connectivity index (χ4v) is 7.17. The number of hydrogen-bond donors (Lipinski definition) is 7. The molecule has 1 aliphatic carbocycles. The van der Waals surface area contributed by atoms with Gasteiger partial charge in [-0.3, -0.25) is 14.5 Å². The normalized spacial score (nSPS) is 16.3. The number of phenolic OH excluding ortho intramolecular Hbond substituents is 1. The average molecular weight is 718 g/mol. The first-order valence-electron chi connectivity index (χ1n) is 18.2. The molecule has 0 bridgehead atoms. The minimum absolute atomic E-state index is 0.0558. The van der Waals surface area contributed by atoms with Crippen LogP contribution in [0.1, 0.15) is 67.7 Å². The number of carbonyl (C=O) groups is 2. The van der Waals surface area contributed by atoms with Crippen LogP contribution in [0.15, 0.2) is 102 Å². The van der Waals surface area contributed by atoms with Gasteiger partial charge in [-0.15, -0.1) is 0 Å². The molecule has 53 heavy (non-hydrogen) atoms. The molecule has 276 valence electrons. The van der Waals surface area contributed by atoms with E-state index < -0.39 is 12.2 Å². The Morgan fingerprint density at radius 1 is 0.887 bits per heavy atom. The quantitative estimate of drug-likeness (QED) is 0.0611. The van der Waals surface area contributed by atoms with E-state index in [9.17, 15) is 29.7 Å². The molecule has 6 rings (SSSR count). The first-order valence-corrected chi connectivity index (χ1v) is 18.2. The highest BCUT2D eigenvalue weighted by molar-refractivity contribution is 5.94. The number of aromatic hydroxyl groups is 1. The van der Waals surface area contributed by atoms with E-state index in [2.05, 4.69) is 21.7 Å². The molecular formula is C42H47N5O6. The van der Waals surface area contributed by atoms with E-state index in [4.69, 9.17) is 5.73 Å². The van der Waals surface area contributed by atoms with Gasteiger partial charge in [0.25, 0.3) is 0 Å². The van der Waals surface area contributed by atoms with E-state index in [0.29, 0.717) is 47.2 Å². The number of aromatic amines is 1. The van der Waals surface area contributed by atoms with Gasteiger partial charge in [0, 0.05) is 54.3 Å². The minimum Gasteiger partial charge on any atom is -0.506 e. The predicted octanol–water partition coefficient (Wildman–Crippen LogP) is 6.83. The van der Waals surface area contributed by atoms with Crippen LogP contribution < -0.4 is 26.8 Å². The molecule has 1 fully saturated rings. The lowest BCUT2D eigenvalue weighted by atomic mass is 9.89. The Labute approximate surface area is 308 Å². The Kier molecular flexibility index (Phi) is 12.2. The molecule has 1 aromatic heterocycles. The van der Waals surface area contributed by atoms with Crippen LogP contribution in [0.25, 0.3) is 22.0 Å². The Hall–Kier alpha value is -5.49. The number of phenols is 1. The van der Waals surface area contributed by atoms with E-state index in [0.717, 1.165) is 60.8 Å². The largest absolute Gasteiger partial charge is 0.506 e. The van der Waals surface area contributed by atoms with Crippen LogP contribution in [-0.4, -0.2) is 50.9 Å². The standard InChI is InChI=1S/C42H47N5O6/c43-30-13-17-32(18-14-30)47(42(52)53)36-24-27(12-19-33(36)29-7-2-1-3-8-29)6-4-5-9-39(50)45-31-15-10-28(11-16-31)25-44-26-38(49)34-20-22-37(48)41-35(34)21-23-40(51)46-41/h1-3,7-8,10-12,15-16,19-24,30,32,38,44,48-49H,4-6,9,13-14,17-18,25-26,43H2,(H,45,50)(H,46,51)(H,52,53)/t30-,32-,38-/m0/s1. The number of aliphatic hydroxyl groups is 1. The van der Waals surface area contributed by atoms with Crippen molar-refractivity contribution >= 4 is 34.3 Å². The number of fused-ring (bicyclic) bond motifs is 1. The number of aryl methyl sites for hydroxylation is 1. The highest BCUT2D eigenvalue weighted by atomic mass is 16.4. The first kappa shape index (κ1) is 37.3. The van der Waals surface area contributed by atoms with Gasteiger partial charge in [0.1, 0.15) is 5.75 Å². The van der Waals surface area contributed by atoms with Crippen molar-refractivity contribution in [1.29, 1.82) is 0 Å². The molecule has 4 aromatic carbocycles. The number of carboxylic acid groups (broad SMARTS) is 1. The van der Waals surface area contributed by atoms with E-state index in [1.54, 1.807) is 17.0 Å². The number of benzene rings is 4. The monoisotopic (exact) mass is 717 g/mol. The third-order valence-electron chi connectivity index (χ3n) is 10.0. The van der Waals surface area contributed by atoms with Gasteiger partial charge in [0.15, 0.2) is 0 Å². The summed E-state index contributed by atoms with van der Waals surface area (Å²) >= 11 is 0. The summed E-state index contributed by atoms with van der Waals surface area (Å²) in [5.41, 5.74) is 11.9. The maximum Gasteiger partial charge on any atom is 0.412 e. The zero-order valence-electron chi connectivity index (χ0n) is 29.6. The van der Waals surface area contributed by atoms with Crippen LogP contribution in [0, 0.1) is 0 Å². The number of amides is 2. The molecule has 0 radical (unpaired) electrons. The highest BCUT2D eigenvalue weighted by Gasteiger charge is 2.30. The number of nitrogens with two attached hydrogens (primary N) is 1. The topological polar surface area (TPSA) is 181 Å². The van der Waals surface area contributed by atoms with Crippen molar-refractivity contribution in [2.75, 3.05) is 16.8 Å². The van der Waals surface area contributed by atoms with Crippen LogP contribution in [0.3, 0.4) is 0 Å². The Balaban J connectivity index is 0.987. The van der Waals surface area contributed by atoms with Crippen molar-refractivity contribution in [3.8, 4) is 16.9 Å². The summed E-state index contributed by atoms with van der Waals surface area (Å²) in [6.45, 7) is 0.745. The number of nitrogens with one attached hydrogen (secondary N) is 3. The van der Waals surface area contributed by atoms with Gasteiger partial charge >= 0.3 is 6.09 Å². The summed E-state index contributed by atoms with van der Waals surface area (Å²) in [4.78, 5) is 41.3. The van der Waals surface area contributed by atoms with Gasteiger partial charge in [-0.1, -0.05) is 60.7 Å². The second-order valence-corrected chi connectivity index (χ2v) is 13.8. The van der Waals surface area contributed by atoms with Crippen molar-refractivity contribution in [3.63, 3.8) is 0 Å². The number of hydrogen-bond acceptors (Lipinski definition) is 7. The smallest absolute Gasteiger partial charge is 0.412 e. The molecule has 0 aliphatic heterocycles. The molecule has 2 amide bonds. The highest BCUT2D eigenvalue weighted by Crippen LogP contribution is 2.36. The molecule has 11 heteroatoms. The number of anilines is 2. The molecule has 1 saturated carbocycles. The minimum atomic E-state index is -0.959. The fourth-order valence-electron chi connectivity index (χ4n) is 7.17. The number of aromatic nitrogens is 1. The predicted molar refractivity (Wildman–Crippen MR) is 208 cm³/mol. The maximum absolute atomic E-state index is 12.8. The van der Waals surface area contributed by atoms with Crippen LogP contribution >= 0.6 is 0 Å². The zero-order valence-corrected chi connectivity index (χ0v) is 29.6. The number of pyridine rings is 1. The molecule has 8 N–H and O–H groups in total. The number of aliphatic hydroxyl groups excluding tert-OH is 1. The van der Waals surface area contributed by atoms with Crippen molar-refractivity contribution < 1.29 is 24.9 Å². The Bertz CT molecular complexity index is 2080. The summed E-state index contributed by atoms with van der Waals surface area (Å²) in [5, 5.41) is 38.1. The van der Waals surface area contributed by atoms with E-state index in [1.165, 1.54) is 12.1 Å². The summed E-state index contributed by atoms with van der Waals surface area (Å²) < 4.78 is 0. The summed E-state index contributed by atoms with van der Waals surface area (Å²) in [6, 6.07) is 29.5. The van der Waals surface area contributed by atoms with Gasteiger partial charge in [0.05, 0.1) is 17.3 Å². The summed E-state index contributed by atoms with van der Waals surface area (Å²) in [7, 11) is 0. The van der Waals surface area contributed by atoms with Gasteiger partial charge in [-0.2, -0.15) is 0 Å². The van der Waals surface area contributed by atoms with E-state index >= 15 is 0 Å². The van der Waals surface area contributed by atoms with Gasteiger partial charge in [0.2, 0.25) is 11.5 Å². The fraction of sp³-hybridized carbons (Fsp3) is 0.310. The number of carbonyl (C=O) groups excluding carboxylic acids is 1. The van der Waals surface area contributed by atoms with Gasteiger partial charge in [-0.25, -0.2) is 4.79 Å². The van der Waals surface area contributed by atoms with Crippen molar-refractivity contribution in [1.82, 2.24) is 10.3 Å². The second kappa shape index (κ2) is 17.4. The SMILES string of the molecule is N[C@H]1CC[C@H](N(C(=O)O)c2cc(CCCCC(=O)Nc3ccc(CNC[C@H](O)c4ccc(O)c5[nH]c(=O)ccc45)cc3)ccc2-c2ccccc2)CC1. The first-order chi connectivity index (χ1) is 25.7. The molecule has 0 unspecified atom stereocenters. The molecule has 1 aliphatic rings. The third-order valence-corrected chi connectivity index (χ3v) is 10.0. The van der Waals surface area contributed by atoms with Crippen LogP contribution in [0.2, 0.25) is 0 Å². The van der Waals surface area contributed by atoms with Crippen molar-refractivity contribution in [2.45, 2.75) is 76.1 Å². The lowest BCUT2D eigenvalue weighted by Crippen LogP contribution is -2.44. The lowest BCUT2D eigenvalue weighted by molar-refractivity contribution is -0.116. The number of rotatable bonds is 14. The second-order valence-electron chi connectivity index (χ2n) is 13.8. The van der Waals surface area contributed by atoms with E-state index in [-0.39, 0.29) is 35.8 Å². The maximum atomic E-state index is 12.8. The lowest BCUT2D eigenvalue weighted by Gasteiger charge is -2.35. The van der Waals surface area contributed by atoms with Crippen LogP contribution in [0.5, 0.6) is 5.75 Å². The average Bonchev–Trinajstić information content (AvgIpc) is 3.15. The molecule has 1 atom stereocenters. The molecule has 11 nitrogen and oxygen atoms in total. The summed E-state index contributed by atoms with van der Waals surface area (Å²) in [5.74, 6) is -0.131. The van der Waals surface area contributed by atoms with Gasteiger partial charge < -0.3 is 36.7 Å². The molecule has 0 spiro atoms. The van der Waals surface area contributed by atoms with E-state index in [1.807, 2.05) is 66.7 Å². The van der Waals surface area contributed by atoms with Crippen LogP contribution in [0.4, 0.5) is 16.2 Å². The van der Waals surface area contributed by atoms with Crippen LogP contribution in [-0.2, 0) is 17.8 Å². The number of nitrogens with zero attached hydrogens (tertiary/aromatic N) is 1. The molecular weight excluding hydrogens is 670 g/mol.